The van der Waals surface area contributed by atoms with Crippen molar-refractivity contribution in [1.29, 1.82) is 0 Å². The molecule has 0 N–H and O–H groups in total. The standard InChI is InChI=1S/C21H25N3/c1-5-10-16(6-2)24(22-4)17-13-14-21-19(15-17)18-11-8-9-12-20(18)23(21)7-3/h6,8-9,11-15H,4-5,7,10H2,1-3H3/b16-6-. The van der Waals surface area contributed by atoms with Crippen molar-refractivity contribution in [2.75, 3.05) is 5.01 Å². The van der Waals surface area contributed by atoms with Gasteiger partial charge in [-0.15, -0.1) is 0 Å². The third kappa shape index (κ3) is 2.60. The van der Waals surface area contributed by atoms with Gasteiger partial charge in [0, 0.05) is 40.8 Å². The number of nitrogens with zero attached hydrogens (tertiary/aromatic N) is 3. The van der Waals surface area contributed by atoms with E-state index < -0.39 is 0 Å². The molecule has 124 valence electrons. The topological polar surface area (TPSA) is 20.5 Å². The molecule has 0 aliphatic carbocycles. The van der Waals surface area contributed by atoms with Crippen LogP contribution in [-0.4, -0.2) is 11.3 Å². The van der Waals surface area contributed by atoms with Gasteiger partial charge >= 0.3 is 0 Å². The fourth-order valence-electron chi connectivity index (χ4n) is 3.48. The van der Waals surface area contributed by atoms with Crippen LogP contribution in [0.2, 0.25) is 0 Å². The number of anilines is 1. The van der Waals surface area contributed by atoms with Crippen LogP contribution in [0.5, 0.6) is 0 Å². The molecule has 0 fully saturated rings. The van der Waals surface area contributed by atoms with E-state index in [1.807, 2.05) is 5.01 Å². The number of allylic oxidation sites excluding steroid dienone is 2. The summed E-state index contributed by atoms with van der Waals surface area (Å²) >= 11 is 0. The first kappa shape index (κ1) is 16.3. The summed E-state index contributed by atoms with van der Waals surface area (Å²) in [5, 5.41) is 8.79. The van der Waals surface area contributed by atoms with Crippen LogP contribution in [0.3, 0.4) is 0 Å². The maximum atomic E-state index is 4.27. The number of benzene rings is 2. The average molecular weight is 319 g/mol. The predicted octanol–water partition coefficient (Wildman–Crippen LogP) is 5.94. The molecule has 24 heavy (non-hydrogen) atoms. The van der Waals surface area contributed by atoms with E-state index in [1.54, 1.807) is 0 Å². The number of rotatable bonds is 6. The van der Waals surface area contributed by atoms with Crippen LogP contribution in [0.25, 0.3) is 21.8 Å². The average Bonchev–Trinajstić information content (AvgIpc) is 2.94. The number of aryl methyl sites for hydroxylation is 1. The van der Waals surface area contributed by atoms with E-state index in [0.29, 0.717) is 0 Å². The first-order valence-corrected chi connectivity index (χ1v) is 8.68. The van der Waals surface area contributed by atoms with Crippen LogP contribution in [0.15, 0.2) is 59.3 Å². The summed E-state index contributed by atoms with van der Waals surface area (Å²) in [4.78, 5) is 0. The van der Waals surface area contributed by atoms with E-state index >= 15 is 0 Å². The van der Waals surface area contributed by atoms with Gasteiger partial charge in [-0.3, -0.25) is 0 Å². The molecule has 3 rings (SSSR count). The lowest BCUT2D eigenvalue weighted by molar-refractivity contribution is 0.825. The molecule has 0 atom stereocenters. The largest absolute Gasteiger partial charge is 0.341 e. The van der Waals surface area contributed by atoms with Crippen molar-refractivity contribution in [3.63, 3.8) is 0 Å². The van der Waals surface area contributed by atoms with Gasteiger partial charge in [-0.1, -0.05) is 37.6 Å². The van der Waals surface area contributed by atoms with E-state index in [1.165, 1.54) is 27.5 Å². The van der Waals surface area contributed by atoms with Crippen LogP contribution < -0.4 is 5.01 Å². The van der Waals surface area contributed by atoms with Crippen molar-refractivity contribution in [3.8, 4) is 0 Å². The van der Waals surface area contributed by atoms with Crippen molar-refractivity contribution < 1.29 is 0 Å². The van der Waals surface area contributed by atoms with E-state index in [4.69, 9.17) is 0 Å². The molecule has 0 radical (unpaired) electrons. The molecular formula is C21H25N3. The zero-order valence-corrected chi connectivity index (χ0v) is 14.8. The van der Waals surface area contributed by atoms with Crippen molar-refractivity contribution in [2.24, 2.45) is 5.10 Å². The van der Waals surface area contributed by atoms with Gasteiger partial charge in [-0.05, 0) is 44.5 Å². The first-order valence-electron chi connectivity index (χ1n) is 8.68. The van der Waals surface area contributed by atoms with E-state index in [2.05, 4.69) is 85.7 Å². The minimum absolute atomic E-state index is 0.961. The number of hydrogen-bond acceptors (Lipinski definition) is 2. The van der Waals surface area contributed by atoms with E-state index in [9.17, 15) is 0 Å². The summed E-state index contributed by atoms with van der Waals surface area (Å²) in [5.41, 5.74) is 4.80. The van der Waals surface area contributed by atoms with Crippen molar-refractivity contribution >= 4 is 34.2 Å². The van der Waals surface area contributed by atoms with Crippen LogP contribution >= 0.6 is 0 Å². The molecule has 3 heteroatoms. The van der Waals surface area contributed by atoms with Crippen LogP contribution in [0, 0.1) is 0 Å². The molecule has 0 bridgehead atoms. The second-order valence-electron chi connectivity index (χ2n) is 5.95. The number of hydrogen-bond donors (Lipinski definition) is 0. The van der Waals surface area contributed by atoms with E-state index in [0.717, 1.165) is 25.1 Å². The number of para-hydroxylation sites is 1. The quantitative estimate of drug-likeness (QED) is 0.407. The zero-order valence-electron chi connectivity index (χ0n) is 14.8. The van der Waals surface area contributed by atoms with Gasteiger partial charge in [-0.2, -0.15) is 5.10 Å². The molecule has 0 saturated heterocycles. The Morgan fingerprint density at radius 3 is 2.54 bits per heavy atom. The predicted molar refractivity (Wildman–Crippen MR) is 106 cm³/mol. The highest BCUT2D eigenvalue weighted by Gasteiger charge is 2.14. The van der Waals surface area contributed by atoms with Gasteiger partial charge in [0.05, 0.1) is 5.69 Å². The van der Waals surface area contributed by atoms with Crippen LogP contribution in [0.4, 0.5) is 5.69 Å². The Morgan fingerprint density at radius 1 is 1.12 bits per heavy atom. The van der Waals surface area contributed by atoms with Gasteiger partial charge in [-0.25, -0.2) is 5.01 Å². The summed E-state index contributed by atoms with van der Waals surface area (Å²) in [7, 11) is 0. The van der Waals surface area contributed by atoms with Crippen LogP contribution in [-0.2, 0) is 6.54 Å². The molecule has 0 aliphatic heterocycles. The molecule has 0 unspecified atom stereocenters. The van der Waals surface area contributed by atoms with Crippen LogP contribution in [0.1, 0.15) is 33.6 Å². The fraction of sp³-hybridized carbons (Fsp3) is 0.286. The highest BCUT2D eigenvalue weighted by atomic mass is 15.5. The van der Waals surface area contributed by atoms with Crippen molar-refractivity contribution in [2.45, 2.75) is 40.2 Å². The number of fused-ring (bicyclic) bond motifs is 3. The Kier molecular flexibility index (Phi) is 4.70. The molecular weight excluding hydrogens is 294 g/mol. The van der Waals surface area contributed by atoms with Gasteiger partial charge in [0.15, 0.2) is 0 Å². The normalized spacial score (nSPS) is 12.0. The lowest BCUT2D eigenvalue weighted by Crippen LogP contribution is -2.14. The molecule has 0 aliphatic rings. The zero-order chi connectivity index (χ0) is 17.1. The lowest BCUT2D eigenvalue weighted by atomic mass is 10.1. The molecule has 3 nitrogen and oxygen atoms in total. The third-order valence-electron chi connectivity index (χ3n) is 4.57. The molecule has 1 heterocycles. The smallest absolute Gasteiger partial charge is 0.0656 e. The lowest BCUT2D eigenvalue weighted by Gasteiger charge is -2.21. The summed E-state index contributed by atoms with van der Waals surface area (Å²) in [6.07, 6.45) is 4.20. The Morgan fingerprint density at radius 2 is 1.88 bits per heavy atom. The van der Waals surface area contributed by atoms with Gasteiger partial charge < -0.3 is 4.57 Å². The monoisotopic (exact) mass is 319 g/mol. The molecule has 3 aromatic rings. The summed E-state index contributed by atoms with van der Waals surface area (Å²) in [6, 6.07) is 15.2. The molecule has 2 aromatic carbocycles. The molecule has 0 amide bonds. The number of hydrazone groups is 1. The maximum absolute atomic E-state index is 4.27. The highest BCUT2D eigenvalue weighted by molar-refractivity contribution is 6.09. The van der Waals surface area contributed by atoms with Gasteiger partial charge in [0.1, 0.15) is 0 Å². The summed E-state index contributed by atoms with van der Waals surface area (Å²) in [6.45, 7) is 11.2. The Balaban J connectivity index is 2.21. The van der Waals surface area contributed by atoms with Crippen molar-refractivity contribution in [1.82, 2.24) is 4.57 Å². The SMILES string of the molecule is C=NN(/C(=C\C)CCC)c1ccc2c(c1)c1ccccc1n2CC. The second kappa shape index (κ2) is 6.91. The number of aromatic nitrogens is 1. The second-order valence-corrected chi connectivity index (χ2v) is 5.95. The fourth-order valence-corrected chi connectivity index (χ4v) is 3.48. The first-order chi connectivity index (χ1) is 11.7. The summed E-state index contributed by atoms with van der Waals surface area (Å²) < 4.78 is 2.36. The van der Waals surface area contributed by atoms with Gasteiger partial charge in [0.25, 0.3) is 0 Å². The molecule has 0 saturated carbocycles. The maximum Gasteiger partial charge on any atom is 0.0656 e. The minimum atomic E-state index is 0.961. The van der Waals surface area contributed by atoms with Crippen molar-refractivity contribution in [3.05, 3.63) is 54.2 Å². The molecule has 0 spiro atoms. The van der Waals surface area contributed by atoms with E-state index in [-0.39, 0.29) is 0 Å². The Hall–Kier alpha value is -2.55. The Bertz CT molecular complexity index is 902. The highest BCUT2D eigenvalue weighted by Crippen LogP contribution is 2.33. The third-order valence-corrected chi connectivity index (χ3v) is 4.57. The summed E-state index contributed by atoms with van der Waals surface area (Å²) in [5.74, 6) is 0. The minimum Gasteiger partial charge on any atom is -0.341 e. The molecule has 1 aromatic heterocycles. The Labute approximate surface area is 143 Å². The van der Waals surface area contributed by atoms with Gasteiger partial charge in [0.2, 0.25) is 0 Å².